The number of nitrogens with zero attached hydrogens (tertiary/aromatic N) is 4. The van der Waals surface area contributed by atoms with Crippen LogP contribution in [0.1, 0.15) is 62.6 Å². The van der Waals surface area contributed by atoms with Gasteiger partial charge in [0.2, 0.25) is 5.43 Å². The lowest BCUT2D eigenvalue weighted by molar-refractivity contribution is -0.0821. The van der Waals surface area contributed by atoms with Crippen molar-refractivity contribution in [2.24, 2.45) is 4.99 Å². The van der Waals surface area contributed by atoms with Gasteiger partial charge in [-0.1, -0.05) is 6.42 Å². The molecule has 1 fully saturated rings. The number of nitrogens with one attached hydrogen (secondary N) is 1. The summed E-state index contributed by atoms with van der Waals surface area (Å²) in [7, 11) is 0. The van der Waals surface area contributed by atoms with Crippen LogP contribution in [0.5, 0.6) is 5.75 Å². The number of hydrogen-bond acceptors (Lipinski definition) is 8. The zero-order valence-corrected chi connectivity index (χ0v) is 19.1. The fraction of sp³-hybridized carbons (Fsp3) is 0.500. The summed E-state index contributed by atoms with van der Waals surface area (Å²) < 4.78 is 7.10. The number of aromatic nitrogens is 2. The maximum Gasteiger partial charge on any atom is 0.278 e. The molecule has 10 nitrogen and oxygen atoms in total. The summed E-state index contributed by atoms with van der Waals surface area (Å²) in [5.74, 6) is -3.33. The normalized spacial score (nSPS) is 24.0. The summed E-state index contributed by atoms with van der Waals surface area (Å²) in [5, 5.41) is 14.1. The predicted octanol–water partition coefficient (Wildman–Crippen LogP) is 1.44. The lowest BCUT2D eigenvalue weighted by Gasteiger charge is -2.40. The third-order valence-corrected chi connectivity index (χ3v) is 7.62. The van der Waals surface area contributed by atoms with Crippen LogP contribution in [-0.4, -0.2) is 56.6 Å². The lowest BCUT2D eigenvalue weighted by Crippen LogP contribution is -2.57. The van der Waals surface area contributed by atoms with E-state index in [1.165, 1.54) is 27.0 Å². The Kier molecular flexibility index (Phi) is 5.32. The van der Waals surface area contributed by atoms with Gasteiger partial charge in [0, 0.05) is 11.1 Å². The minimum Gasteiger partial charge on any atom is -0.503 e. The highest BCUT2D eigenvalue weighted by Gasteiger charge is 2.53. The van der Waals surface area contributed by atoms with Crippen molar-refractivity contribution in [1.82, 2.24) is 19.8 Å². The molecule has 0 bridgehead atoms. The van der Waals surface area contributed by atoms with Crippen molar-refractivity contribution < 1.29 is 19.4 Å². The summed E-state index contributed by atoms with van der Waals surface area (Å²) in [4.78, 5) is 50.0. The van der Waals surface area contributed by atoms with Crippen molar-refractivity contribution in [2.45, 2.75) is 64.0 Å². The number of rotatable bonds is 4. The van der Waals surface area contributed by atoms with Crippen LogP contribution < -0.4 is 10.7 Å². The minimum absolute atomic E-state index is 0.00916. The predicted molar refractivity (Wildman–Crippen MR) is 121 cm³/mol. The molecule has 1 aliphatic carbocycles. The van der Waals surface area contributed by atoms with E-state index in [0.717, 1.165) is 36.4 Å². The number of carbonyl (C=O) groups is 2. The van der Waals surface area contributed by atoms with Gasteiger partial charge in [-0.25, -0.2) is 9.98 Å². The standard InChI is InChI=1S/C22H25N5O5S/c1-12-10-32-22(23-2)11-26-9-13(18(28)19(29)17(26)21(31)27(12)22)20(30)24-8-16-25-14-6-4-3-5-7-15(14)33-16/h9,12,29H,2-8,10-11H2,1H3,(H,24,30)/t12-,22-/m0/s1. The molecule has 2 aromatic rings. The van der Waals surface area contributed by atoms with Gasteiger partial charge < -0.3 is 19.7 Å². The van der Waals surface area contributed by atoms with Gasteiger partial charge in [0.15, 0.2) is 11.4 Å². The average molecular weight is 472 g/mol. The number of hydrogen-bond donors (Lipinski definition) is 2. The quantitative estimate of drug-likeness (QED) is 0.513. The molecule has 4 heterocycles. The molecule has 3 aliphatic rings. The van der Waals surface area contributed by atoms with E-state index < -0.39 is 28.8 Å². The van der Waals surface area contributed by atoms with Crippen LogP contribution in [0.4, 0.5) is 0 Å². The Labute approximate surface area is 193 Å². The maximum absolute atomic E-state index is 13.1. The molecule has 2 amide bonds. The molecular weight excluding hydrogens is 446 g/mol. The summed E-state index contributed by atoms with van der Waals surface area (Å²) in [5.41, 5.74) is -0.240. The molecule has 0 spiro atoms. The maximum atomic E-state index is 13.1. The van der Waals surface area contributed by atoms with Gasteiger partial charge >= 0.3 is 0 Å². The van der Waals surface area contributed by atoms with Crippen molar-refractivity contribution in [3.05, 3.63) is 43.3 Å². The molecule has 0 saturated carbocycles. The second kappa shape index (κ2) is 8.07. The molecule has 1 saturated heterocycles. The number of thiazole rings is 1. The van der Waals surface area contributed by atoms with E-state index in [2.05, 4.69) is 22.0 Å². The molecule has 2 aliphatic heterocycles. The number of amides is 2. The number of ether oxygens (including phenoxy) is 1. The van der Waals surface area contributed by atoms with E-state index >= 15 is 0 Å². The highest BCUT2D eigenvalue weighted by molar-refractivity contribution is 7.11. The van der Waals surface area contributed by atoms with E-state index in [9.17, 15) is 19.5 Å². The molecule has 174 valence electrons. The Morgan fingerprint density at radius 1 is 1.39 bits per heavy atom. The monoisotopic (exact) mass is 471 g/mol. The van der Waals surface area contributed by atoms with Gasteiger partial charge in [-0.15, -0.1) is 11.3 Å². The van der Waals surface area contributed by atoms with Crippen LogP contribution in [0.2, 0.25) is 0 Å². The smallest absolute Gasteiger partial charge is 0.278 e. The van der Waals surface area contributed by atoms with Gasteiger partial charge in [-0.05, 0) is 39.3 Å². The molecular formula is C22H25N5O5S. The highest BCUT2D eigenvalue weighted by atomic mass is 32.1. The number of fused-ring (bicyclic) bond motifs is 3. The van der Waals surface area contributed by atoms with Crippen LogP contribution >= 0.6 is 11.3 Å². The second-order valence-electron chi connectivity index (χ2n) is 8.65. The SMILES string of the molecule is C=N[C@@]12Cn3cc(C(=O)NCc4nc5c(s4)CCCCC5)c(=O)c(O)c3C(=O)N1[C@@H](C)CO2. The summed E-state index contributed by atoms with van der Waals surface area (Å²) in [6, 6.07) is -0.303. The van der Waals surface area contributed by atoms with Gasteiger partial charge in [0.25, 0.3) is 17.7 Å². The van der Waals surface area contributed by atoms with Crippen LogP contribution in [0, 0.1) is 0 Å². The van der Waals surface area contributed by atoms with Crippen molar-refractivity contribution in [3.8, 4) is 5.75 Å². The topological polar surface area (TPSA) is 126 Å². The first-order chi connectivity index (χ1) is 15.8. The fourth-order valence-electron chi connectivity index (χ4n) is 4.80. The molecule has 2 N–H and O–H groups in total. The lowest BCUT2D eigenvalue weighted by atomic mass is 10.1. The molecule has 0 aromatic carbocycles. The first-order valence-corrected chi connectivity index (χ1v) is 11.8. The number of pyridine rings is 1. The summed E-state index contributed by atoms with van der Waals surface area (Å²) in [6.07, 6.45) is 6.70. The number of aryl methyl sites for hydroxylation is 2. The Balaban J connectivity index is 1.42. The molecule has 33 heavy (non-hydrogen) atoms. The highest BCUT2D eigenvalue weighted by Crippen LogP contribution is 2.37. The minimum atomic E-state index is -1.34. The summed E-state index contributed by atoms with van der Waals surface area (Å²) in [6.45, 7) is 5.79. The first-order valence-electron chi connectivity index (χ1n) is 11.0. The third kappa shape index (κ3) is 3.46. The van der Waals surface area contributed by atoms with Crippen LogP contribution in [-0.2, 0) is 30.7 Å². The van der Waals surface area contributed by atoms with Crippen LogP contribution in [0.3, 0.4) is 0 Å². The van der Waals surface area contributed by atoms with Gasteiger partial charge in [0.05, 0.1) is 31.4 Å². The zero-order valence-electron chi connectivity index (χ0n) is 18.3. The number of aliphatic imine (C=N–C) groups is 1. The van der Waals surface area contributed by atoms with Gasteiger partial charge in [-0.3, -0.25) is 19.3 Å². The van der Waals surface area contributed by atoms with E-state index in [4.69, 9.17) is 4.74 Å². The van der Waals surface area contributed by atoms with E-state index in [1.54, 1.807) is 18.3 Å². The van der Waals surface area contributed by atoms with Gasteiger partial charge in [0.1, 0.15) is 10.6 Å². The van der Waals surface area contributed by atoms with Crippen molar-refractivity contribution in [1.29, 1.82) is 0 Å². The van der Waals surface area contributed by atoms with Crippen molar-refractivity contribution in [2.75, 3.05) is 6.61 Å². The van der Waals surface area contributed by atoms with E-state index in [-0.39, 0.29) is 37.0 Å². The average Bonchev–Trinajstić information content (AvgIpc) is 3.27. The molecule has 2 aromatic heterocycles. The Hall–Kier alpha value is -3.05. The first kappa shape index (κ1) is 21.8. The Bertz CT molecular complexity index is 1200. The third-order valence-electron chi connectivity index (χ3n) is 6.46. The van der Waals surface area contributed by atoms with Crippen molar-refractivity contribution in [3.63, 3.8) is 0 Å². The van der Waals surface area contributed by atoms with Crippen molar-refractivity contribution >= 4 is 29.9 Å². The Morgan fingerprint density at radius 2 is 2.18 bits per heavy atom. The molecule has 2 atom stereocenters. The second-order valence-corrected chi connectivity index (χ2v) is 9.82. The van der Waals surface area contributed by atoms with Crippen LogP contribution in [0.15, 0.2) is 16.0 Å². The molecule has 0 unspecified atom stereocenters. The zero-order chi connectivity index (χ0) is 23.3. The molecule has 0 radical (unpaired) electrons. The van der Waals surface area contributed by atoms with E-state index in [0.29, 0.717) is 0 Å². The molecule has 11 heteroatoms. The van der Waals surface area contributed by atoms with E-state index in [1.807, 2.05) is 0 Å². The Morgan fingerprint density at radius 3 is 2.97 bits per heavy atom. The van der Waals surface area contributed by atoms with Gasteiger partial charge in [-0.2, -0.15) is 0 Å². The summed E-state index contributed by atoms with van der Waals surface area (Å²) >= 11 is 1.58. The molecule has 5 rings (SSSR count). The fourth-order valence-corrected chi connectivity index (χ4v) is 5.90. The number of carbonyl (C=O) groups excluding carboxylic acids is 2. The number of aromatic hydroxyl groups is 1. The van der Waals surface area contributed by atoms with Crippen LogP contribution in [0.25, 0.3) is 0 Å². The largest absolute Gasteiger partial charge is 0.503 e.